The molecule has 7 nitrogen and oxygen atoms in total. The Balaban J connectivity index is 1.42. The number of hydrogen-bond donors (Lipinski definition) is 2. The van der Waals surface area contributed by atoms with Gasteiger partial charge in [0.2, 0.25) is 11.8 Å². The highest BCUT2D eigenvalue weighted by molar-refractivity contribution is 6.22. The van der Waals surface area contributed by atoms with E-state index in [-0.39, 0.29) is 31.3 Å². The lowest BCUT2D eigenvalue weighted by molar-refractivity contribution is -0.125. The first kappa shape index (κ1) is 22.7. The highest BCUT2D eigenvalue weighted by atomic mass is 16.2. The van der Waals surface area contributed by atoms with Crippen LogP contribution in [0.3, 0.4) is 0 Å². The number of amides is 4. The average Bonchev–Trinajstić information content (AvgIpc) is 3.09. The molecule has 0 radical (unpaired) electrons. The largest absolute Gasteiger partial charge is 0.354 e. The monoisotopic (exact) mass is 447 g/mol. The third kappa shape index (κ3) is 5.30. The number of carbonyl (C=O) groups excluding carboxylic acids is 4. The molecule has 0 spiro atoms. The molecule has 2 aromatic rings. The minimum atomic E-state index is -0.999. The van der Waals surface area contributed by atoms with Crippen LogP contribution in [0.4, 0.5) is 0 Å². The fourth-order valence-electron chi connectivity index (χ4n) is 4.59. The fraction of sp³-hybridized carbons (Fsp3) is 0.385. The molecular formula is C26H29N3O4. The summed E-state index contributed by atoms with van der Waals surface area (Å²) >= 11 is 0. The molecule has 1 unspecified atom stereocenters. The first-order valence-electron chi connectivity index (χ1n) is 11.6. The number of carbonyl (C=O) groups is 4. The van der Waals surface area contributed by atoms with Gasteiger partial charge in [-0.05, 0) is 30.5 Å². The van der Waals surface area contributed by atoms with E-state index in [2.05, 4.69) is 10.6 Å². The van der Waals surface area contributed by atoms with Gasteiger partial charge in [0.15, 0.2) is 0 Å². The van der Waals surface area contributed by atoms with Crippen molar-refractivity contribution < 1.29 is 19.2 Å². The summed E-state index contributed by atoms with van der Waals surface area (Å²) in [4.78, 5) is 52.5. The maximum Gasteiger partial charge on any atom is 0.262 e. The van der Waals surface area contributed by atoms with Gasteiger partial charge in [0, 0.05) is 25.4 Å². The Labute approximate surface area is 193 Å². The number of rotatable bonds is 8. The summed E-state index contributed by atoms with van der Waals surface area (Å²) in [5.74, 6) is -1.48. The predicted molar refractivity (Wildman–Crippen MR) is 124 cm³/mol. The van der Waals surface area contributed by atoms with Crippen molar-refractivity contribution >= 4 is 23.6 Å². The zero-order valence-electron chi connectivity index (χ0n) is 18.6. The van der Waals surface area contributed by atoms with Crippen molar-refractivity contribution in [1.82, 2.24) is 15.5 Å². The summed E-state index contributed by atoms with van der Waals surface area (Å²) in [6.07, 6.45) is 5.82. The van der Waals surface area contributed by atoms with E-state index in [1.165, 1.54) is 6.42 Å². The van der Waals surface area contributed by atoms with Crippen molar-refractivity contribution in [2.75, 3.05) is 6.54 Å². The van der Waals surface area contributed by atoms with E-state index in [1.807, 2.05) is 30.3 Å². The lowest BCUT2D eigenvalue weighted by atomic mass is 9.95. The number of fused-ring (bicyclic) bond motifs is 1. The second kappa shape index (κ2) is 10.4. The molecular weight excluding hydrogens is 418 g/mol. The van der Waals surface area contributed by atoms with Gasteiger partial charge in [-0.25, -0.2) is 0 Å². The standard InChI is InChI=1S/C26H29N3O4/c30-23(28-19-11-5-2-6-12-19)15-16-27-24(31)22(17-18-9-3-1-4-10-18)29-25(32)20-13-7-8-14-21(20)26(29)33/h1,3-4,7-10,13-14,19,22H,2,5-6,11-12,15-17H2,(H,27,31)(H,28,30). The quantitative estimate of drug-likeness (QED) is 0.609. The molecule has 172 valence electrons. The van der Waals surface area contributed by atoms with E-state index < -0.39 is 23.8 Å². The number of imide groups is 1. The molecule has 2 aromatic carbocycles. The van der Waals surface area contributed by atoms with E-state index in [0.29, 0.717) is 11.1 Å². The van der Waals surface area contributed by atoms with Crippen LogP contribution in [0.1, 0.15) is 64.8 Å². The predicted octanol–water partition coefficient (Wildman–Crippen LogP) is 2.85. The van der Waals surface area contributed by atoms with Gasteiger partial charge >= 0.3 is 0 Å². The zero-order valence-corrected chi connectivity index (χ0v) is 18.6. The molecule has 1 heterocycles. The molecule has 2 aliphatic rings. The molecule has 4 amide bonds. The third-order valence-electron chi connectivity index (χ3n) is 6.33. The summed E-state index contributed by atoms with van der Waals surface area (Å²) in [5.41, 5.74) is 1.45. The molecule has 1 atom stereocenters. The summed E-state index contributed by atoms with van der Waals surface area (Å²) in [5, 5.41) is 5.80. The van der Waals surface area contributed by atoms with Gasteiger partial charge < -0.3 is 10.6 Å². The third-order valence-corrected chi connectivity index (χ3v) is 6.33. The van der Waals surface area contributed by atoms with Crippen LogP contribution < -0.4 is 10.6 Å². The minimum Gasteiger partial charge on any atom is -0.354 e. The van der Waals surface area contributed by atoms with Crippen LogP contribution in [0, 0.1) is 0 Å². The van der Waals surface area contributed by atoms with Crippen molar-refractivity contribution in [1.29, 1.82) is 0 Å². The fourth-order valence-corrected chi connectivity index (χ4v) is 4.59. The Bertz CT molecular complexity index is 996. The average molecular weight is 448 g/mol. The number of nitrogens with one attached hydrogen (secondary N) is 2. The molecule has 4 rings (SSSR count). The molecule has 7 heteroatoms. The van der Waals surface area contributed by atoms with E-state index in [1.54, 1.807) is 24.3 Å². The molecule has 0 aromatic heterocycles. The van der Waals surface area contributed by atoms with Crippen molar-refractivity contribution in [2.24, 2.45) is 0 Å². The summed E-state index contributed by atoms with van der Waals surface area (Å²) in [6, 6.07) is 15.1. The summed E-state index contributed by atoms with van der Waals surface area (Å²) < 4.78 is 0. The lowest BCUT2D eigenvalue weighted by Crippen LogP contribution is -2.51. The zero-order chi connectivity index (χ0) is 23.2. The first-order valence-corrected chi connectivity index (χ1v) is 11.6. The van der Waals surface area contributed by atoms with Crippen LogP contribution in [-0.2, 0) is 16.0 Å². The van der Waals surface area contributed by atoms with Crippen LogP contribution in [0.25, 0.3) is 0 Å². The Morgan fingerprint density at radius 3 is 2.12 bits per heavy atom. The molecule has 33 heavy (non-hydrogen) atoms. The first-order chi connectivity index (χ1) is 16.0. The van der Waals surface area contributed by atoms with E-state index in [9.17, 15) is 19.2 Å². The molecule has 2 N–H and O–H groups in total. The Hall–Kier alpha value is -3.48. The van der Waals surface area contributed by atoms with Crippen LogP contribution in [-0.4, -0.2) is 47.2 Å². The smallest absolute Gasteiger partial charge is 0.262 e. The van der Waals surface area contributed by atoms with Crippen molar-refractivity contribution in [3.63, 3.8) is 0 Å². The van der Waals surface area contributed by atoms with Crippen molar-refractivity contribution in [2.45, 2.75) is 57.0 Å². The summed E-state index contributed by atoms with van der Waals surface area (Å²) in [6.45, 7) is 0.145. The maximum absolute atomic E-state index is 13.2. The van der Waals surface area contributed by atoms with Gasteiger partial charge in [0.25, 0.3) is 11.8 Å². The van der Waals surface area contributed by atoms with Gasteiger partial charge in [-0.3, -0.25) is 24.1 Å². The van der Waals surface area contributed by atoms with E-state index in [4.69, 9.17) is 0 Å². The number of benzene rings is 2. The van der Waals surface area contributed by atoms with Gasteiger partial charge in [0.1, 0.15) is 6.04 Å². The lowest BCUT2D eigenvalue weighted by Gasteiger charge is -2.26. The van der Waals surface area contributed by atoms with Crippen LogP contribution in [0.5, 0.6) is 0 Å². The van der Waals surface area contributed by atoms with Gasteiger partial charge in [-0.1, -0.05) is 61.7 Å². The highest BCUT2D eigenvalue weighted by Crippen LogP contribution is 2.26. The Morgan fingerprint density at radius 1 is 0.879 bits per heavy atom. The Morgan fingerprint density at radius 2 is 1.48 bits per heavy atom. The van der Waals surface area contributed by atoms with Crippen LogP contribution >= 0.6 is 0 Å². The number of hydrogen-bond acceptors (Lipinski definition) is 4. The molecule has 1 aliphatic heterocycles. The Kier molecular flexibility index (Phi) is 7.17. The van der Waals surface area contributed by atoms with E-state index >= 15 is 0 Å². The SMILES string of the molecule is O=C(CCNC(=O)C(Cc1ccccc1)N1C(=O)c2ccccc2C1=O)NC1CCCCC1. The second-order valence-electron chi connectivity index (χ2n) is 8.67. The molecule has 1 saturated carbocycles. The number of nitrogens with zero attached hydrogens (tertiary/aromatic N) is 1. The normalized spacial score (nSPS) is 16.9. The highest BCUT2D eigenvalue weighted by Gasteiger charge is 2.42. The van der Waals surface area contributed by atoms with Crippen LogP contribution in [0.2, 0.25) is 0 Å². The summed E-state index contributed by atoms with van der Waals surface area (Å²) in [7, 11) is 0. The van der Waals surface area contributed by atoms with E-state index in [0.717, 1.165) is 36.1 Å². The molecule has 1 fully saturated rings. The maximum atomic E-state index is 13.2. The van der Waals surface area contributed by atoms with Crippen molar-refractivity contribution in [3.05, 3.63) is 71.3 Å². The van der Waals surface area contributed by atoms with Gasteiger partial charge in [-0.15, -0.1) is 0 Å². The van der Waals surface area contributed by atoms with Crippen molar-refractivity contribution in [3.8, 4) is 0 Å². The molecule has 1 aliphatic carbocycles. The topological polar surface area (TPSA) is 95.6 Å². The van der Waals surface area contributed by atoms with Crippen LogP contribution in [0.15, 0.2) is 54.6 Å². The second-order valence-corrected chi connectivity index (χ2v) is 8.67. The minimum absolute atomic E-state index is 0.0949. The molecule has 0 saturated heterocycles. The van der Waals surface area contributed by atoms with Gasteiger partial charge in [-0.2, -0.15) is 0 Å². The molecule has 0 bridgehead atoms. The van der Waals surface area contributed by atoms with Gasteiger partial charge in [0.05, 0.1) is 11.1 Å².